The van der Waals surface area contributed by atoms with Crippen molar-refractivity contribution in [1.29, 1.82) is 0 Å². The number of hydrogen-bond donors (Lipinski definition) is 2. The molecule has 1 unspecified atom stereocenters. The number of nitrogens with zero attached hydrogens (tertiary/aromatic N) is 4. The van der Waals surface area contributed by atoms with E-state index in [-0.39, 0.29) is 16.5 Å². The smallest absolute Gasteiger partial charge is 0.363 e. The van der Waals surface area contributed by atoms with Crippen molar-refractivity contribution < 1.29 is 21.6 Å². The van der Waals surface area contributed by atoms with Crippen LogP contribution in [0.4, 0.5) is 19.0 Å². The quantitative estimate of drug-likeness (QED) is 0.665. The third-order valence-corrected chi connectivity index (χ3v) is 5.41. The molecule has 12 heteroatoms. The van der Waals surface area contributed by atoms with Gasteiger partial charge in [0.25, 0.3) is 11.6 Å². The molecule has 0 radical (unpaired) electrons. The van der Waals surface area contributed by atoms with Crippen molar-refractivity contribution in [3.05, 3.63) is 47.4 Å². The summed E-state index contributed by atoms with van der Waals surface area (Å²) in [5.41, 5.74) is 1.07. The molecule has 0 aliphatic carbocycles. The second kappa shape index (κ2) is 7.02. The van der Waals surface area contributed by atoms with E-state index >= 15 is 0 Å². The lowest BCUT2D eigenvalue weighted by Crippen LogP contribution is -2.19. The van der Waals surface area contributed by atoms with Crippen LogP contribution in [0.5, 0.6) is 0 Å². The highest BCUT2D eigenvalue weighted by molar-refractivity contribution is 7.89. The van der Waals surface area contributed by atoms with Gasteiger partial charge in [0.15, 0.2) is 0 Å². The van der Waals surface area contributed by atoms with E-state index in [0.717, 1.165) is 4.52 Å². The number of anilines is 1. The molecule has 0 aliphatic heterocycles. The van der Waals surface area contributed by atoms with Gasteiger partial charge in [0.2, 0.25) is 10.0 Å². The zero-order valence-corrected chi connectivity index (χ0v) is 15.9. The number of hydrogen-bond acceptors (Lipinski definition) is 6. The van der Waals surface area contributed by atoms with Gasteiger partial charge < -0.3 is 5.32 Å². The molecule has 0 saturated carbocycles. The van der Waals surface area contributed by atoms with Gasteiger partial charge in [-0.2, -0.15) is 22.7 Å². The molecule has 2 aromatic heterocycles. The monoisotopic (exact) mass is 414 g/mol. The Kier molecular flexibility index (Phi) is 5.02. The number of aromatic nitrogens is 4. The summed E-state index contributed by atoms with van der Waals surface area (Å²) in [4.78, 5) is 7.48. The first-order chi connectivity index (χ1) is 13.0. The number of nitrogens with one attached hydrogen (secondary N) is 2. The van der Waals surface area contributed by atoms with Gasteiger partial charge >= 0.3 is 6.18 Å². The largest absolute Gasteiger partial charge is 0.453 e. The zero-order chi connectivity index (χ0) is 20.7. The summed E-state index contributed by atoms with van der Waals surface area (Å²) in [6.07, 6.45) is -4.69. The summed E-state index contributed by atoms with van der Waals surface area (Å²) < 4.78 is 66.0. The molecule has 0 saturated heterocycles. The van der Waals surface area contributed by atoms with Gasteiger partial charge in [-0.3, -0.25) is 0 Å². The fourth-order valence-electron chi connectivity index (χ4n) is 2.58. The summed E-state index contributed by atoms with van der Waals surface area (Å²) in [5.74, 6) is -1.23. The highest BCUT2D eigenvalue weighted by Gasteiger charge is 2.37. The molecule has 1 aromatic carbocycles. The van der Waals surface area contributed by atoms with Crippen molar-refractivity contribution in [2.24, 2.45) is 0 Å². The lowest BCUT2D eigenvalue weighted by Gasteiger charge is -2.17. The van der Waals surface area contributed by atoms with Crippen LogP contribution in [0.2, 0.25) is 0 Å². The average molecular weight is 414 g/mol. The van der Waals surface area contributed by atoms with Gasteiger partial charge in [0, 0.05) is 17.8 Å². The van der Waals surface area contributed by atoms with Crippen LogP contribution in [0.1, 0.15) is 30.0 Å². The van der Waals surface area contributed by atoms with Crippen LogP contribution in [-0.4, -0.2) is 35.0 Å². The van der Waals surface area contributed by atoms with Gasteiger partial charge in [-0.1, -0.05) is 12.1 Å². The third-order valence-electron chi connectivity index (χ3n) is 4.00. The van der Waals surface area contributed by atoms with Gasteiger partial charge in [-0.25, -0.2) is 18.1 Å². The van der Waals surface area contributed by atoms with Gasteiger partial charge in [-0.05, 0) is 38.6 Å². The molecule has 0 spiro atoms. The summed E-state index contributed by atoms with van der Waals surface area (Å²) in [5, 5.41) is 6.53. The second-order valence-electron chi connectivity index (χ2n) is 6.07. The minimum absolute atomic E-state index is 0.0809. The molecule has 0 bridgehead atoms. The van der Waals surface area contributed by atoms with E-state index in [1.807, 2.05) is 0 Å². The van der Waals surface area contributed by atoms with Gasteiger partial charge in [-0.15, -0.1) is 5.10 Å². The standard InChI is InChI=1S/C16H17F3N6O2S/c1-9-7-13(25-15(21-9)23-14(24-25)16(17,18)19)22-10(2)11-5-4-6-12(8-11)28(26,27)20-3/h4-8,10,20,22H,1-3H3. The van der Waals surface area contributed by atoms with Crippen LogP contribution < -0.4 is 10.0 Å². The van der Waals surface area contributed by atoms with Crippen molar-refractivity contribution in [3.63, 3.8) is 0 Å². The van der Waals surface area contributed by atoms with E-state index in [1.54, 1.807) is 26.0 Å². The minimum Gasteiger partial charge on any atom is -0.363 e. The normalized spacial score (nSPS) is 13.6. The summed E-state index contributed by atoms with van der Waals surface area (Å²) in [7, 11) is -2.31. The van der Waals surface area contributed by atoms with Crippen LogP contribution in [0, 0.1) is 6.92 Å². The van der Waals surface area contributed by atoms with Crippen LogP contribution in [-0.2, 0) is 16.2 Å². The van der Waals surface area contributed by atoms with Gasteiger partial charge in [0.05, 0.1) is 4.90 Å². The Balaban J connectivity index is 1.99. The number of alkyl halides is 3. The second-order valence-corrected chi connectivity index (χ2v) is 7.96. The van der Waals surface area contributed by atoms with E-state index in [1.165, 1.54) is 25.2 Å². The van der Waals surface area contributed by atoms with Crippen LogP contribution in [0.15, 0.2) is 35.2 Å². The summed E-state index contributed by atoms with van der Waals surface area (Å²) in [6.45, 7) is 3.37. The Morgan fingerprint density at radius 1 is 1.18 bits per heavy atom. The molecule has 150 valence electrons. The fourth-order valence-corrected chi connectivity index (χ4v) is 3.37. The molecule has 2 heterocycles. The Morgan fingerprint density at radius 3 is 2.54 bits per heavy atom. The van der Waals surface area contributed by atoms with Crippen LogP contribution in [0.3, 0.4) is 0 Å². The number of sulfonamides is 1. The molecular weight excluding hydrogens is 397 g/mol. The molecule has 3 rings (SSSR count). The van der Waals surface area contributed by atoms with E-state index in [0.29, 0.717) is 11.3 Å². The maximum Gasteiger partial charge on any atom is 0.453 e. The molecule has 2 N–H and O–H groups in total. The van der Waals surface area contributed by atoms with E-state index in [9.17, 15) is 21.6 Å². The molecule has 1 atom stereocenters. The number of halogens is 3. The third kappa shape index (κ3) is 3.92. The maximum absolute atomic E-state index is 12.9. The highest BCUT2D eigenvalue weighted by Crippen LogP contribution is 2.28. The average Bonchev–Trinajstić information content (AvgIpc) is 3.06. The Labute approximate surface area is 158 Å². The van der Waals surface area contributed by atoms with E-state index in [2.05, 4.69) is 25.1 Å². The van der Waals surface area contributed by atoms with Gasteiger partial charge in [0.1, 0.15) is 5.82 Å². The zero-order valence-electron chi connectivity index (χ0n) is 15.1. The Hall–Kier alpha value is -2.73. The summed E-state index contributed by atoms with van der Waals surface area (Å²) >= 11 is 0. The SMILES string of the molecule is CNS(=O)(=O)c1cccc(C(C)Nc2cc(C)nc3nc(C(F)(F)F)nn23)c1. The maximum atomic E-state index is 12.9. The molecule has 28 heavy (non-hydrogen) atoms. The van der Waals surface area contributed by atoms with Crippen LogP contribution in [0.25, 0.3) is 5.78 Å². The topological polar surface area (TPSA) is 101 Å². The van der Waals surface area contributed by atoms with Crippen LogP contribution >= 0.6 is 0 Å². The minimum atomic E-state index is -4.69. The molecule has 0 aliphatic rings. The first kappa shape index (κ1) is 20.0. The number of benzene rings is 1. The van der Waals surface area contributed by atoms with E-state index in [4.69, 9.17) is 0 Å². The first-order valence-electron chi connectivity index (χ1n) is 8.13. The summed E-state index contributed by atoms with van der Waals surface area (Å²) in [6, 6.07) is 7.33. The number of fused-ring (bicyclic) bond motifs is 1. The highest BCUT2D eigenvalue weighted by atomic mass is 32.2. The molecular formula is C16H17F3N6O2S. The van der Waals surface area contributed by atoms with Crippen molar-refractivity contribution in [1.82, 2.24) is 24.3 Å². The predicted octanol–water partition coefficient (Wildman–Crippen LogP) is 2.53. The van der Waals surface area contributed by atoms with Crippen molar-refractivity contribution in [2.45, 2.75) is 31.0 Å². The van der Waals surface area contributed by atoms with Crippen molar-refractivity contribution in [3.8, 4) is 0 Å². The number of rotatable bonds is 5. The molecule has 8 nitrogen and oxygen atoms in total. The lowest BCUT2D eigenvalue weighted by molar-refractivity contribution is -0.144. The fraction of sp³-hybridized carbons (Fsp3) is 0.312. The van der Waals surface area contributed by atoms with Crippen molar-refractivity contribution >= 4 is 21.6 Å². The lowest BCUT2D eigenvalue weighted by atomic mass is 10.1. The first-order valence-corrected chi connectivity index (χ1v) is 9.61. The predicted molar refractivity (Wildman–Crippen MR) is 95.2 cm³/mol. The Morgan fingerprint density at radius 2 is 1.89 bits per heavy atom. The van der Waals surface area contributed by atoms with Crippen molar-refractivity contribution in [2.75, 3.05) is 12.4 Å². The molecule has 0 fully saturated rings. The molecule has 0 amide bonds. The Bertz CT molecular complexity index is 1130. The molecule has 3 aromatic rings. The van der Waals surface area contributed by atoms with E-state index < -0.39 is 28.1 Å². The number of aryl methyl sites for hydroxylation is 1.